The van der Waals surface area contributed by atoms with Crippen molar-refractivity contribution in [3.8, 4) is 0 Å². The zero-order valence-electron chi connectivity index (χ0n) is 11.0. The molecule has 0 aliphatic carbocycles. The van der Waals surface area contributed by atoms with Crippen LogP contribution in [0.3, 0.4) is 0 Å². The van der Waals surface area contributed by atoms with E-state index < -0.39 is 42.4 Å². The van der Waals surface area contributed by atoms with Crippen molar-refractivity contribution in [3.05, 3.63) is 27.2 Å². The first-order chi connectivity index (χ1) is 9.95. The van der Waals surface area contributed by atoms with Gasteiger partial charge in [0.05, 0.1) is 12.9 Å². The van der Waals surface area contributed by atoms with Crippen molar-refractivity contribution in [2.45, 2.75) is 24.5 Å². The quantitative estimate of drug-likeness (QED) is 0.463. The van der Waals surface area contributed by atoms with E-state index in [2.05, 4.69) is 9.97 Å². The van der Waals surface area contributed by atoms with Gasteiger partial charge in [-0.05, 0) is 0 Å². The maximum Gasteiger partial charge on any atom is 0.329 e. The highest BCUT2D eigenvalue weighted by Gasteiger charge is 2.43. The molecule has 0 radical (unpaired) electrons. The lowest BCUT2D eigenvalue weighted by Gasteiger charge is -2.16. The van der Waals surface area contributed by atoms with Crippen LogP contribution >= 0.6 is 0 Å². The van der Waals surface area contributed by atoms with Gasteiger partial charge in [0.1, 0.15) is 24.0 Å². The molecule has 0 aromatic carbocycles. The Hall–Kier alpha value is -2.01. The summed E-state index contributed by atoms with van der Waals surface area (Å²) in [6.07, 6.45) is -3.41. The Morgan fingerprint density at radius 1 is 1.38 bits per heavy atom. The summed E-state index contributed by atoms with van der Waals surface area (Å²) in [6, 6.07) is 0. The van der Waals surface area contributed by atoms with Crippen LogP contribution in [0.1, 0.15) is 6.23 Å². The van der Waals surface area contributed by atoms with Gasteiger partial charge in [-0.1, -0.05) is 0 Å². The molecular formula is C11H14N4O6. The van der Waals surface area contributed by atoms with E-state index in [9.17, 15) is 19.8 Å². The summed E-state index contributed by atoms with van der Waals surface area (Å²) in [4.78, 5) is 29.9. The molecule has 0 bridgehead atoms. The van der Waals surface area contributed by atoms with E-state index >= 15 is 0 Å². The Bertz CT molecular complexity index is 792. The number of hydrogen-bond acceptors (Lipinski definition) is 7. The Morgan fingerprint density at radius 3 is 2.71 bits per heavy atom. The molecule has 1 saturated heterocycles. The fourth-order valence-corrected chi connectivity index (χ4v) is 2.38. The van der Waals surface area contributed by atoms with Crippen molar-refractivity contribution in [2.75, 3.05) is 6.61 Å². The highest BCUT2D eigenvalue weighted by atomic mass is 16.6. The monoisotopic (exact) mass is 298 g/mol. The van der Waals surface area contributed by atoms with E-state index in [0.29, 0.717) is 0 Å². The molecule has 0 amide bonds. The van der Waals surface area contributed by atoms with Gasteiger partial charge in [-0.15, -0.1) is 0 Å². The van der Waals surface area contributed by atoms with Gasteiger partial charge in [-0.3, -0.25) is 18.9 Å². The smallest absolute Gasteiger partial charge is 0.329 e. The SMILES string of the molecule is Cn1c(=O)[nH]c2c(ncn2C2OC(CO)C(O)C2O)c1=O. The molecule has 4 N–H and O–H groups in total. The average molecular weight is 298 g/mol. The molecule has 4 unspecified atom stereocenters. The molecular weight excluding hydrogens is 284 g/mol. The molecule has 0 spiro atoms. The number of aromatic nitrogens is 4. The minimum atomic E-state index is -1.33. The zero-order chi connectivity index (χ0) is 15.3. The second kappa shape index (κ2) is 4.77. The fraction of sp³-hybridized carbons (Fsp3) is 0.545. The molecule has 21 heavy (non-hydrogen) atoms. The van der Waals surface area contributed by atoms with Gasteiger partial charge in [-0.25, -0.2) is 9.78 Å². The molecule has 4 atom stereocenters. The Balaban J connectivity index is 2.15. The Kier molecular flexibility index (Phi) is 3.17. The van der Waals surface area contributed by atoms with Crippen LogP contribution in [0.4, 0.5) is 0 Å². The van der Waals surface area contributed by atoms with Crippen LogP contribution in [0, 0.1) is 0 Å². The van der Waals surface area contributed by atoms with E-state index in [1.54, 1.807) is 0 Å². The lowest BCUT2D eigenvalue weighted by Crippen LogP contribution is -2.34. The van der Waals surface area contributed by atoms with Crippen LogP contribution in [0.5, 0.6) is 0 Å². The predicted molar refractivity (Wildman–Crippen MR) is 68.6 cm³/mol. The van der Waals surface area contributed by atoms with Crippen LogP contribution in [0.25, 0.3) is 11.2 Å². The molecule has 114 valence electrons. The number of H-pyrrole nitrogens is 1. The fourth-order valence-electron chi connectivity index (χ4n) is 2.38. The summed E-state index contributed by atoms with van der Waals surface area (Å²) in [6.45, 7) is -0.473. The van der Waals surface area contributed by atoms with Crippen molar-refractivity contribution in [3.63, 3.8) is 0 Å². The van der Waals surface area contributed by atoms with Crippen molar-refractivity contribution in [1.82, 2.24) is 19.1 Å². The van der Waals surface area contributed by atoms with Gasteiger partial charge in [0, 0.05) is 7.05 Å². The normalized spacial score (nSPS) is 29.3. The lowest BCUT2D eigenvalue weighted by atomic mass is 10.1. The predicted octanol–water partition coefficient (Wildman–Crippen LogP) is -2.97. The number of hydrogen-bond donors (Lipinski definition) is 4. The van der Waals surface area contributed by atoms with E-state index in [1.807, 2.05) is 0 Å². The third-order valence-electron chi connectivity index (χ3n) is 3.62. The summed E-state index contributed by atoms with van der Waals surface area (Å²) in [5.41, 5.74) is -1.13. The third kappa shape index (κ3) is 1.92. The van der Waals surface area contributed by atoms with Crippen LogP contribution in [-0.2, 0) is 11.8 Å². The van der Waals surface area contributed by atoms with Crippen LogP contribution < -0.4 is 11.2 Å². The van der Waals surface area contributed by atoms with Crippen molar-refractivity contribution in [1.29, 1.82) is 0 Å². The van der Waals surface area contributed by atoms with Gasteiger partial charge >= 0.3 is 5.69 Å². The summed E-state index contributed by atoms with van der Waals surface area (Å²) in [7, 11) is 1.31. The van der Waals surface area contributed by atoms with Crippen molar-refractivity contribution < 1.29 is 20.1 Å². The van der Waals surface area contributed by atoms with E-state index in [0.717, 1.165) is 4.57 Å². The van der Waals surface area contributed by atoms with E-state index in [1.165, 1.54) is 17.9 Å². The number of ether oxygens (including phenoxy) is 1. The van der Waals surface area contributed by atoms with Gasteiger partial charge in [0.25, 0.3) is 5.56 Å². The topological polar surface area (TPSA) is 143 Å². The second-order valence-corrected chi connectivity index (χ2v) is 4.87. The molecule has 1 aliphatic heterocycles. The minimum absolute atomic E-state index is 0.00911. The summed E-state index contributed by atoms with van der Waals surface area (Å²) in [5, 5.41) is 28.8. The van der Waals surface area contributed by atoms with E-state index in [-0.39, 0.29) is 11.2 Å². The largest absolute Gasteiger partial charge is 0.394 e. The summed E-state index contributed by atoms with van der Waals surface area (Å²) in [5.74, 6) is 0. The van der Waals surface area contributed by atoms with Gasteiger partial charge < -0.3 is 20.1 Å². The second-order valence-electron chi connectivity index (χ2n) is 4.87. The Labute approximate surface area is 116 Å². The molecule has 2 aromatic heterocycles. The molecule has 1 aliphatic rings. The van der Waals surface area contributed by atoms with Gasteiger partial charge in [0.15, 0.2) is 11.7 Å². The van der Waals surface area contributed by atoms with E-state index in [4.69, 9.17) is 9.84 Å². The molecule has 0 saturated carbocycles. The molecule has 10 nitrogen and oxygen atoms in total. The highest BCUT2D eigenvalue weighted by Crippen LogP contribution is 2.30. The summed E-state index contributed by atoms with van der Waals surface area (Å²) >= 11 is 0. The number of nitrogens with zero attached hydrogens (tertiary/aromatic N) is 3. The molecule has 3 rings (SSSR count). The number of nitrogens with one attached hydrogen (secondary N) is 1. The maximum absolute atomic E-state index is 11.9. The van der Waals surface area contributed by atoms with Crippen molar-refractivity contribution in [2.24, 2.45) is 7.05 Å². The zero-order valence-corrected chi connectivity index (χ0v) is 11.0. The number of imidazole rings is 1. The number of aliphatic hydroxyl groups excluding tert-OH is 3. The van der Waals surface area contributed by atoms with Crippen LogP contribution in [-0.4, -0.2) is 59.3 Å². The third-order valence-corrected chi connectivity index (χ3v) is 3.62. The highest BCUT2D eigenvalue weighted by molar-refractivity contribution is 5.69. The average Bonchev–Trinajstić information content (AvgIpc) is 2.99. The first-order valence-electron chi connectivity index (χ1n) is 6.24. The molecule has 2 aromatic rings. The standard InChI is InChI=1S/C11H14N4O6/c1-14-9(19)5-8(13-11(14)20)15(3-12-5)10-7(18)6(17)4(2-16)21-10/h3-4,6-7,10,16-18H,2H2,1H3,(H,13,20). The molecule has 3 heterocycles. The number of aliphatic hydroxyl groups is 3. The van der Waals surface area contributed by atoms with Gasteiger partial charge in [-0.2, -0.15) is 0 Å². The lowest BCUT2D eigenvalue weighted by molar-refractivity contribution is -0.0511. The maximum atomic E-state index is 11.9. The first-order valence-corrected chi connectivity index (χ1v) is 6.24. The number of fused-ring (bicyclic) bond motifs is 1. The Morgan fingerprint density at radius 2 is 2.10 bits per heavy atom. The molecule has 1 fully saturated rings. The van der Waals surface area contributed by atoms with Gasteiger partial charge in [0.2, 0.25) is 0 Å². The molecule has 10 heteroatoms. The van der Waals surface area contributed by atoms with Crippen LogP contribution in [0.15, 0.2) is 15.9 Å². The summed E-state index contributed by atoms with van der Waals surface area (Å²) < 4.78 is 7.46. The number of rotatable bonds is 2. The minimum Gasteiger partial charge on any atom is -0.394 e. The number of aromatic amines is 1. The van der Waals surface area contributed by atoms with Crippen LogP contribution in [0.2, 0.25) is 0 Å². The van der Waals surface area contributed by atoms with Crippen molar-refractivity contribution >= 4 is 11.2 Å². The first kappa shape index (κ1) is 13.9.